The number of carbonyl (C=O) groups excluding carboxylic acids is 1. The largest absolute Gasteiger partial charge is 0.438 e. The van der Waals surface area contributed by atoms with Gasteiger partial charge in [0.2, 0.25) is 11.8 Å². The van der Waals surface area contributed by atoms with E-state index in [0.717, 1.165) is 29.5 Å². The third-order valence-corrected chi connectivity index (χ3v) is 7.36. The lowest BCUT2D eigenvalue weighted by Gasteiger charge is -2.16. The van der Waals surface area contributed by atoms with Crippen LogP contribution in [0.15, 0.2) is 59.9 Å². The number of nitrogens with one attached hydrogen (secondary N) is 2. The molecule has 11 heteroatoms. The van der Waals surface area contributed by atoms with Crippen LogP contribution in [0.4, 0.5) is 5.95 Å². The van der Waals surface area contributed by atoms with Gasteiger partial charge >= 0.3 is 0 Å². The SMILES string of the molecule is Cc1cc(C)c(Oc2nc(-c3cnc(NC4CC4)nc3)ccc2C(=O)NS(=O)(=O)c2cccc(C)n2)c(C)c1.[HH].[HH].[HH]. The van der Waals surface area contributed by atoms with Crippen LogP contribution >= 0.6 is 0 Å². The first-order chi connectivity index (χ1) is 18.6. The summed E-state index contributed by atoms with van der Waals surface area (Å²) in [4.78, 5) is 30.6. The van der Waals surface area contributed by atoms with Gasteiger partial charge in [0, 0.05) is 34.0 Å². The molecule has 0 aliphatic heterocycles. The first kappa shape index (κ1) is 26.2. The smallest absolute Gasteiger partial charge is 0.281 e. The Bertz CT molecular complexity index is 1660. The van der Waals surface area contributed by atoms with E-state index in [1.807, 2.05) is 32.9 Å². The van der Waals surface area contributed by atoms with Crippen LogP contribution in [-0.2, 0) is 10.0 Å². The zero-order valence-electron chi connectivity index (χ0n) is 22.0. The predicted octanol–water partition coefficient (Wildman–Crippen LogP) is 5.39. The van der Waals surface area contributed by atoms with Crippen molar-refractivity contribution in [1.29, 1.82) is 0 Å². The van der Waals surface area contributed by atoms with Gasteiger partial charge in [-0.1, -0.05) is 23.8 Å². The van der Waals surface area contributed by atoms with Crippen LogP contribution in [0.5, 0.6) is 11.6 Å². The zero-order valence-corrected chi connectivity index (χ0v) is 22.8. The van der Waals surface area contributed by atoms with Crippen molar-refractivity contribution in [2.75, 3.05) is 5.32 Å². The Hall–Kier alpha value is -4.38. The molecule has 0 bridgehead atoms. The van der Waals surface area contributed by atoms with Gasteiger partial charge in [0.1, 0.15) is 11.3 Å². The van der Waals surface area contributed by atoms with Crippen molar-refractivity contribution in [3.8, 4) is 22.9 Å². The van der Waals surface area contributed by atoms with Gasteiger partial charge in [-0.2, -0.15) is 8.42 Å². The topological polar surface area (TPSA) is 136 Å². The van der Waals surface area contributed by atoms with Gasteiger partial charge in [0.15, 0.2) is 5.03 Å². The van der Waals surface area contributed by atoms with Crippen molar-refractivity contribution in [3.05, 3.63) is 82.8 Å². The molecule has 0 atom stereocenters. The first-order valence-electron chi connectivity index (χ1n) is 12.5. The molecule has 3 heterocycles. The number of hydrogen-bond donors (Lipinski definition) is 2. The summed E-state index contributed by atoms with van der Waals surface area (Å²) in [5.74, 6) is 0.125. The van der Waals surface area contributed by atoms with E-state index in [1.165, 1.54) is 12.1 Å². The molecular weight excluding hydrogens is 516 g/mol. The van der Waals surface area contributed by atoms with Gasteiger partial charge in [-0.25, -0.2) is 24.7 Å². The molecule has 1 fully saturated rings. The quantitative estimate of drug-likeness (QED) is 0.296. The molecule has 1 amide bonds. The van der Waals surface area contributed by atoms with Crippen LogP contribution in [0.2, 0.25) is 0 Å². The summed E-state index contributed by atoms with van der Waals surface area (Å²) in [6.07, 6.45) is 5.48. The Kier molecular flexibility index (Phi) is 7.00. The molecule has 1 aromatic carbocycles. The van der Waals surface area contributed by atoms with Crippen molar-refractivity contribution in [2.24, 2.45) is 0 Å². The summed E-state index contributed by atoms with van der Waals surface area (Å²) in [7, 11) is -4.23. The fraction of sp³-hybridized carbons (Fsp3) is 0.250. The molecule has 1 aliphatic rings. The molecule has 0 radical (unpaired) electrons. The number of aromatic nitrogens is 4. The summed E-state index contributed by atoms with van der Waals surface area (Å²) in [5.41, 5.74) is 4.29. The van der Waals surface area contributed by atoms with E-state index < -0.39 is 15.9 Å². The van der Waals surface area contributed by atoms with Gasteiger partial charge in [-0.05, 0) is 75.9 Å². The summed E-state index contributed by atoms with van der Waals surface area (Å²) < 4.78 is 34.1. The number of amides is 1. The minimum Gasteiger partial charge on any atom is -0.438 e. The fourth-order valence-corrected chi connectivity index (χ4v) is 5.10. The summed E-state index contributed by atoms with van der Waals surface area (Å²) in [6, 6.07) is 11.9. The van der Waals surface area contributed by atoms with Crippen molar-refractivity contribution in [3.63, 3.8) is 0 Å². The number of rotatable bonds is 8. The van der Waals surface area contributed by atoms with E-state index >= 15 is 0 Å². The van der Waals surface area contributed by atoms with E-state index in [1.54, 1.807) is 37.5 Å². The molecular formula is C28H34N6O4S. The van der Waals surface area contributed by atoms with Crippen molar-refractivity contribution >= 4 is 21.9 Å². The van der Waals surface area contributed by atoms with Crippen LogP contribution in [-0.4, -0.2) is 40.3 Å². The highest BCUT2D eigenvalue weighted by molar-refractivity contribution is 7.90. The Morgan fingerprint density at radius 1 is 0.974 bits per heavy atom. The summed E-state index contributed by atoms with van der Waals surface area (Å²) >= 11 is 0. The number of sulfonamides is 1. The maximum Gasteiger partial charge on any atom is 0.281 e. The Morgan fingerprint density at radius 2 is 1.67 bits per heavy atom. The summed E-state index contributed by atoms with van der Waals surface area (Å²) in [6.45, 7) is 7.44. The van der Waals surface area contributed by atoms with E-state index in [-0.39, 0.29) is 20.7 Å². The standard InChI is InChI=1S/C28H28N6O4S.3H2/c1-16-12-17(2)25(18(3)13-16)38-27-22(26(35)34-39(36,37)24-7-5-6-19(4)31-24)10-11-23(33-27)20-14-29-28(30-15-20)32-21-8-9-21;;;/h5-7,10-15,21H,8-9H2,1-4H3,(H,34,35)(H,29,30,32);3*1H. The first-order valence-corrected chi connectivity index (χ1v) is 13.9. The minimum absolute atomic E-state index is 0. The molecule has 1 aliphatic carbocycles. The highest BCUT2D eigenvalue weighted by Crippen LogP contribution is 2.32. The second kappa shape index (κ2) is 10.4. The number of aryl methyl sites for hydroxylation is 4. The number of nitrogens with zero attached hydrogens (tertiary/aromatic N) is 4. The zero-order chi connectivity index (χ0) is 27.7. The predicted molar refractivity (Wildman–Crippen MR) is 153 cm³/mol. The van der Waals surface area contributed by atoms with Crippen LogP contribution in [0, 0.1) is 27.7 Å². The van der Waals surface area contributed by atoms with Crippen LogP contribution in [0.3, 0.4) is 0 Å². The van der Waals surface area contributed by atoms with Gasteiger partial charge in [0.05, 0.1) is 5.69 Å². The van der Waals surface area contributed by atoms with Crippen molar-refractivity contribution in [1.82, 2.24) is 24.7 Å². The van der Waals surface area contributed by atoms with E-state index in [2.05, 4.69) is 30.0 Å². The van der Waals surface area contributed by atoms with Crippen molar-refractivity contribution in [2.45, 2.75) is 51.6 Å². The number of benzene rings is 1. The molecule has 2 N–H and O–H groups in total. The molecule has 4 aromatic rings. The Balaban J connectivity index is 0.00000205. The third kappa shape index (κ3) is 6.04. The molecule has 0 unspecified atom stereocenters. The van der Waals surface area contributed by atoms with E-state index in [4.69, 9.17) is 4.74 Å². The molecule has 39 heavy (non-hydrogen) atoms. The number of hydrogen-bond acceptors (Lipinski definition) is 9. The van der Waals surface area contributed by atoms with Gasteiger partial charge < -0.3 is 10.1 Å². The molecule has 0 spiro atoms. The van der Waals surface area contributed by atoms with Crippen LogP contribution < -0.4 is 14.8 Å². The average molecular weight is 551 g/mol. The highest BCUT2D eigenvalue weighted by atomic mass is 32.2. The van der Waals surface area contributed by atoms with Crippen molar-refractivity contribution < 1.29 is 22.2 Å². The van der Waals surface area contributed by atoms with Gasteiger partial charge in [-0.3, -0.25) is 4.79 Å². The lowest BCUT2D eigenvalue weighted by molar-refractivity contribution is 0.0978. The monoisotopic (exact) mass is 550 g/mol. The van der Waals surface area contributed by atoms with Crippen LogP contribution in [0.25, 0.3) is 11.3 Å². The molecule has 206 valence electrons. The number of pyridine rings is 2. The van der Waals surface area contributed by atoms with Crippen LogP contribution in [0.1, 0.15) is 49.9 Å². The minimum atomic E-state index is -4.23. The third-order valence-electron chi connectivity index (χ3n) is 6.13. The maximum absolute atomic E-state index is 13.3. The second-order valence-electron chi connectivity index (χ2n) is 9.64. The maximum atomic E-state index is 13.3. The fourth-order valence-electron chi connectivity index (χ4n) is 4.12. The highest BCUT2D eigenvalue weighted by Gasteiger charge is 2.25. The number of anilines is 1. The normalized spacial score (nSPS) is 13.1. The van der Waals surface area contributed by atoms with Gasteiger partial charge in [-0.15, -0.1) is 0 Å². The summed E-state index contributed by atoms with van der Waals surface area (Å²) in [5, 5.41) is 2.98. The van der Waals surface area contributed by atoms with Gasteiger partial charge in [0.25, 0.3) is 15.9 Å². The molecule has 10 nitrogen and oxygen atoms in total. The molecule has 3 aromatic heterocycles. The number of ether oxygens (including phenoxy) is 1. The molecule has 1 saturated carbocycles. The van der Waals surface area contributed by atoms with E-state index in [0.29, 0.717) is 34.7 Å². The lowest BCUT2D eigenvalue weighted by atomic mass is 10.1. The lowest BCUT2D eigenvalue weighted by Crippen LogP contribution is -2.31. The average Bonchev–Trinajstić information content (AvgIpc) is 3.70. The Morgan fingerprint density at radius 3 is 2.31 bits per heavy atom. The molecule has 5 rings (SSSR count). The Labute approximate surface area is 231 Å². The second-order valence-corrected chi connectivity index (χ2v) is 11.3. The van der Waals surface area contributed by atoms with E-state index in [9.17, 15) is 13.2 Å². The number of carbonyl (C=O) groups is 1. The molecule has 0 saturated heterocycles.